The maximum atomic E-state index is 10.8. The number of alkyl halides is 1. The largest absolute Gasteiger partial charge is 0.298 e. The summed E-state index contributed by atoms with van der Waals surface area (Å²) in [5.41, 5.74) is 0. The van der Waals surface area contributed by atoms with E-state index in [1.54, 1.807) is 0 Å². The van der Waals surface area contributed by atoms with Crippen molar-refractivity contribution >= 4 is 17.4 Å². The second kappa shape index (κ2) is 3.03. The molecule has 2 nitrogen and oxygen atoms in total. The Hall–Kier alpha value is -0.550. The van der Waals surface area contributed by atoms with Gasteiger partial charge >= 0.3 is 0 Å². The monoisotopic (exact) mass is 157 g/mol. The number of ketones is 1. The predicted molar refractivity (Wildman–Crippen MR) is 37.6 cm³/mol. The Kier molecular flexibility index (Phi) is 2.29. The number of carbonyl (C=O) groups excluding carboxylic acids is 1. The number of Topliss-reactive ketones (excluding diaryl/α,β-unsaturated/α-hetero) is 1. The molecule has 0 aromatic carbocycles. The summed E-state index contributed by atoms with van der Waals surface area (Å²) in [5, 5.41) is 7.92. The topological polar surface area (TPSA) is 40.9 Å². The van der Waals surface area contributed by atoms with Gasteiger partial charge in [-0.2, -0.15) is 5.26 Å². The van der Waals surface area contributed by atoms with Crippen molar-refractivity contribution in [1.29, 1.82) is 5.26 Å². The lowest BCUT2D eigenvalue weighted by molar-refractivity contribution is -0.117. The SMILES string of the molecule is N#CCC1CCC(=O)C1Cl. The van der Waals surface area contributed by atoms with E-state index < -0.39 is 0 Å². The zero-order chi connectivity index (χ0) is 7.56. The summed E-state index contributed by atoms with van der Waals surface area (Å²) in [5.74, 6) is 0.209. The van der Waals surface area contributed by atoms with Crippen LogP contribution in [0.4, 0.5) is 0 Å². The first-order chi connectivity index (χ1) is 4.75. The van der Waals surface area contributed by atoms with Crippen molar-refractivity contribution in [3.63, 3.8) is 0 Å². The van der Waals surface area contributed by atoms with Crippen molar-refractivity contribution in [2.45, 2.75) is 24.6 Å². The fraction of sp³-hybridized carbons (Fsp3) is 0.714. The second-order valence-corrected chi connectivity index (χ2v) is 3.00. The molecule has 0 aromatic rings. The van der Waals surface area contributed by atoms with Crippen molar-refractivity contribution in [3.05, 3.63) is 0 Å². The summed E-state index contributed by atoms with van der Waals surface area (Å²) in [4.78, 5) is 10.8. The molecule has 0 heterocycles. The molecular weight excluding hydrogens is 150 g/mol. The molecule has 0 N–H and O–H groups in total. The number of hydrogen-bond acceptors (Lipinski definition) is 2. The third-order valence-corrected chi connectivity index (χ3v) is 2.44. The van der Waals surface area contributed by atoms with Gasteiger partial charge in [-0.05, 0) is 12.3 Å². The highest BCUT2D eigenvalue weighted by Gasteiger charge is 2.32. The summed E-state index contributed by atoms with van der Waals surface area (Å²) in [7, 11) is 0. The van der Waals surface area contributed by atoms with Gasteiger partial charge in [0.1, 0.15) is 0 Å². The van der Waals surface area contributed by atoms with Gasteiger partial charge in [0.05, 0.1) is 11.4 Å². The predicted octanol–water partition coefficient (Wildman–Crippen LogP) is 1.49. The van der Waals surface area contributed by atoms with Crippen molar-refractivity contribution in [1.82, 2.24) is 0 Å². The molecule has 1 aliphatic rings. The van der Waals surface area contributed by atoms with Gasteiger partial charge in [-0.25, -0.2) is 0 Å². The minimum Gasteiger partial charge on any atom is -0.298 e. The highest BCUT2D eigenvalue weighted by molar-refractivity contribution is 6.32. The lowest BCUT2D eigenvalue weighted by Gasteiger charge is -2.05. The highest BCUT2D eigenvalue weighted by atomic mass is 35.5. The summed E-state index contributed by atoms with van der Waals surface area (Å²) in [6, 6.07) is 2.02. The van der Waals surface area contributed by atoms with Crippen LogP contribution in [0, 0.1) is 17.2 Å². The molecule has 2 atom stereocenters. The van der Waals surface area contributed by atoms with Crippen LogP contribution in [0.2, 0.25) is 0 Å². The Morgan fingerprint density at radius 3 is 2.90 bits per heavy atom. The van der Waals surface area contributed by atoms with Crippen LogP contribution in [0.15, 0.2) is 0 Å². The van der Waals surface area contributed by atoms with Gasteiger partial charge in [0.25, 0.3) is 0 Å². The second-order valence-electron chi connectivity index (χ2n) is 2.53. The third-order valence-electron chi connectivity index (χ3n) is 1.84. The molecule has 54 valence electrons. The van der Waals surface area contributed by atoms with Gasteiger partial charge in [0.2, 0.25) is 0 Å². The van der Waals surface area contributed by atoms with E-state index in [2.05, 4.69) is 0 Å². The summed E-state index contributed by atoms with van der Waals surface area (Å²) in [6.45, 7) is 0. The van der Waals surface area contributed by atoms with Gasteiger partial charge in [0.15, 0.2) is 5.78 Å². The molecule has 0 spiro atoms. The van der Waals surface area contributed by atoms with Gasteiger partial charge in [0, 0.05) is 12.8 Å². The molecule has 0 aromatic heterocycles. The third kappa shape index (κ3) is 1.30. The smallest absolute Gasteiger partial charge is 0.151 e. The van der Waals surface area contributed by atoms with Gasteiger partial charge in [-0.15, -0.1) is 11.6 Å². The molecule has 0 saturated heterocycles. The Balaban J connectivity index is 2.50. The maximum Gasteiger partial charge on any atom is 0.151 e. The van der Waals surface area contributed by atoms with Crippen LogP contribution < -0.4 is 0 Å². The summed E-state index contributed by atoms with van der Waals surface area (Å²) < 4.78 is 0. The highest BCUT2D eigenvalue weighted by Crippen LogP contribution is 2.29. The minimum absolute atomic E-state index is 0.0990. The molecule has 1 fully saturated rings. The lowest BCUT2D eigenvalue weighted by atomic mass is 10.1. The average molecular weight is 158 g/mol. The summed E-state index contributed by atoms with van der Waals surface area (Å²) >= 11 is 5.71. The van der Waals surface area contributed by atoms with Crippen LogP contribution in [0.25, 0.3) is 0 Å². The van der Waals surface area contributed by atoms with E-state index in [0.29, 0.717) is 12.8 Å². The number of hydrogen-bond donors (Lipinski definition) is 0. The van der Waals surface area contributed by atoms with Crippen LogP contribution in [-0.4, -0.2) is 11.2 Å². The number of halogens is 1. The van der Waals surface area contributed by atoms with E-state index >= 15 is 0 Å². The Morgan fingerprint density at radius 2 is 2.50 bits per heavy atom. The van der Waals surface area contributed by atoms with Crippen LogP contribution in [0.5, 0.6) is 0 Å². The molecule has 2 unspecified atom stereocenters. The molecule has 0 aliphatic heterocycles. The zero-order valence-electron chi connectivity index (χ0n) is 5.51. The minimum atomic E-state index is -0.389. The first-order valence-electron chi connectivity index (χ1n) is 3.29. The Labute approximate surface area is 64.8 Å². The molecule has 1 aliphatic carbocycles. The van der Waals surface area contributed by atoms with E-state index in [1.165, 1.54) is 0 Å². The van der Waals surface area contributed by atoms with E-state index in [1.807, 2.05) is 6.07 Å². The molecule has 3 heteroatoms. The molecule has 0 radical (unpaired) electrons. The molecule has 10 heavy (non-hydrogen) atoms. The summed E-state index contributed by atoms with van der Waals surface area (Å²) in [6.07, 6.45) is 1.76. The fourth-order valence-electron chi connectivity index (χ4n) is 1.20. The van der Waals surface area contributed by atoms with E-state index in [0.717, 1.165) is 6.42 Å². The van der Waals surface area contributed by atoms with Gasteiger partial charge in [-0.3, -0.25) is 4.79 Å². The van der Waals surface area contributed by atoms with E-state index in [4.69, 9.17) is 16.9 Å². The lowest BCUT2D eigenvalue weighted by Crippen LogP contribution is -2.13. The van der Waals surface area contributed by atoms with Crippen molar-refractivity contribution < 1.29 is 4.79 Å². The van der Waals surface area contributed by atoms with Crippen LogP contribution in [0.1, 0.15) is 19.3 Å². The normalized spacial score (nSPS) is 32.2. The molecule has 1 saturated carbocycles. The van der Waals surface area contributed by atoms with Gasteiger partial charge < -0.3 is 0 Å². The number of rotatable bonds is 1. The first kappa shape index (κ1) is 7.56. The molecular formula is C7H8ClNO. The first-order valence-corrected chi connectivity index (χ1v) is 3.73. The number of carbonyl (C=O) groups is 1. The van der Waals surface area contributed by atoms with Crippen LogP contribution >= 0.6 is 11.6 Å². The standard InChI is InChI=1S/C7H8ClNO/c8-7-5(3-4-9)1-2-6(7)10/h5,7H,1-3H2. The quantitative estimate of drug-likeness (QED) is 0.541. The van der Waals surface area contributed by atoms with Crippen LogP contribution in [0.3, 0.4) is 0 Å². The van der Waals surface area contributed by atoms with Crippen molar-refractivity contribution in [2.75, 3.05) is 0 Å². The maximum absolute atomic E-state index is 10.8. The van der Waals surface area contributed by atoms with Gasteiger partial charge in [-0.1, -0.05) is 0 Å². The van der Waals surface area contributed by atoms with Crippen LogP contribution in [-0.2, 0) is 4.79 Å². The number of nitriles is 1. The van der Waals surface area contributed by atoms with Crippen molar-refractivity contribution in [2.24, 2.45) is 5.92 Å². The molecule has 1 rings (SSSR count). The van der Waals surface area contributed by atoms with E-state index in [9.17, 15) is 4.79 Å². The zero-order valence-corrected chi connectivity index (χ0v) is 6.27. The average Bonchev–Trinajstić information content (AvgIpc) is 2.20. The fourth-order valence-corrected chi connectivity index (χ4v) is 1.52. The Bertz CT molecular complexity index is 185. The molecule has 0 amide bonds. The van der Waals surface area contributed by atoms with Crippen molar-refractivity contribution in [3.8, 4) is 6.07 Å². The van der Waals surface area contributed by atoms with E-state index in [-0.39, 0.29) is 17.1 Å². The Morgan fingerprint density at radius 1 is 1.80 bits per heavy atom. The molecule has 0 bridgehead atoms. The number of nitrogens with zero attached hydrogens (tertiary/aromatic N) is 1.